The van der Waals surface area contributed by atoms with Crippen molar-refractivity contribution in [1.82, 2.24) is 14.5 Å². The van der Waals surface area contributed by atoms with E-state index in [1.807, 2.05) is 0 Å². The Bertz CT molecular complexity index is 1040. The number of hydrogen-bond acceptors (Lipinski definition) is 7. The first kappa shape index (κ1) is 17.6. The minimum atomic E-state index is -0.451. The first-order valence-corrected chi connectivity index (χ1v) is 9.16. The number of ether oxygens (including phenoxy) is 1. The Balaban J connectivity index is 1.54. The molecule has 0 bridgehead atoms. The van der Waals surface area contributed by atoms with E-state index in [4.69, 9.17) is 4.74 Å². The molecule has 1 aliphatic heterocycles. The SMILES string of the molecule is O=C(Cn1cnc2nc(N3CCOCC3)sc2c1=O)Nc1cccc(F)c1. The highest BCUT2D eigenvalue weighted by molar-refractivity contribution is 7.22. The number of nitrogens with one attached hydrogen (secondary N) is 1. The summed E-state index contributed by atoms with van der Waals surface area (Å²) in [5.41, 5.74) is 0.370. The van der Waals surface area contributed by atoms with Gasteiger partial charge in [-0.05, 0) is 18.2 Å². The van der Waals surface area contributed by atoms with Crippen LogP contribution < -0.4 is 15.8 Å². The zero-order valence-corrected chi connectivity index (χ0v) is 15.0. The van der Waals surface area contributed by atoms with Crippen LogP contribution in [0.25, 0.3) is 10.3 Å². The number of fused-ring (bicyclic) bond motifs is 1. The lowest BCUT2D eigenvalue weighted by Gasteiger charge is -2.25. The van der Waals surface area contributed by atoms with Gasteiger partial charge in [-0.3, -0.25) is 14.2 Å². The van der Waals surface area contributed by atoms with E-state index in [2.05, 4.69) is 20.2 Å². The Kier molecular flexibility index (Phi) is 4.82. The van der Waals surface area contributed by atoms with Crippen LogP contribution in [0.5, 0.6) is 0 Å². The Morgan fingerprint density at radius 2 is 2.15 bits per heavy atom. The van der Waals surface area contributed by atoms with Crippen molar-refractivity contribution in [2.24, 2.45) is 0 Å². The summed E-state index contributed by atoms with van der Waals surface area (Å²) in [6.45, 7) is 2.44. The zero-order chi connectivity index (χ0) is 18.8. The largest absolute Gasteiger partial charge is 0.378 e. The lowest BCUT2D eigenvalue weighted by Crippen LogP contribution is -2.36. The minimum absolute atomic E-state index is 0.219. The minimum Gasteiger partial charge on any atom is -0.378 e. The van der Waals surface area contributed by atoms with Crippen LogP contribution in [0.1, 0.15) is 0 Å². The summed E-state index contributed by atoms with van der Waals surface area (Å²) < 4.78 is 20.1. The Morgan fingerprint density at radius 1 is 1.33 bits per heavy atom. The molecule has 0 atom stereocenters. The number of carbonyl (C=O) groups excluding carboxylic acids is 1. The number of hydrogen-bond donors (Lipinski definition) is 1. The van der Waals surface area contributed by atoms with Crippen molar-refractivity contribution >= 4 is 38.4 Å². The third kappa shape index (κ3) is 3.81. The highest BCUT2D eigenvalue weighted by Crippen LogP contribution is 2.25. The van der Waals surface area contributed by atoms with Crippen molar-refractivity contribution in [2.75, 3.05) is 36.5 Å². The summed E-state index contributed by atoms with van der Waals surface area (Å²) in [5.74, 6) is -0.893. The highest BCUT2D eigenvalue weighted by Gasteiger charge is 2.18. The molecule has 140 valence electrons. The molecule has 0 unspecified atom stereocenters. The lowest BCUT2D eigenvalue weighted by atomic mass is 10.3. The number of morpholine rings is 1. The average Bonchev–Trinajstić information content (AvgIpc) is 3.10. The topological polar surface area (TPSA) is 89.3 Å². The number of rotatable bonds is 4. The fourth-order valence-corrected chi connectivity index (χ4v) is 3.78. The van der Waals surface area contributed by atoms with Crippen molar-refractivity contribution in [3.63, 3.8) is 0 Å². The van der Waals surface area contributed by atoms with E-state index in [1.54, 1.807) is 6.07 Å². The molecule has 0 radical (unpaired) electrons. The number of carbonyl (C=O) groups is 1. The van der Waals surface area contributed by atoms with E-state index in [9.17, 15) is 14.0 Å². The molecule has 3 heterocycles. The zero-order valence-electron chi connectivity index (χ0n) is 14.2. The molecule has 1 fully saturated rings. The third-order valence-electron chi connectivity index (χ3n) is 4.08. The summed E-state index contributed by atoms with van der Waals surface area (Å²) in [6, 6.07) is 5.56. The maximum absolute atomic E-state index is 13.2. The normalized spacial score (nSPS) is 14.5. The standard InChI is InChI=1S/C17H16FN5O3S/c18-11-2-1-3-12(8-11)20-13(24)9-23-10-19-15-14(16(23)25)27-17(21-15)22-4-6-26-7-5-22/h1-3,8,10H,4-7,9H2,(H,20,24). The lowest BCUT2D eigenvalue weighted by molar-refractivity contribution is -0.116. The molecule has 1 aliphatic rings. The van der Waals surface area contributed by atoms with Gasteiger partial charge in [0.05, 0.1) is 13.2 Å². The predicted octanol–water partition coefficient (Wildman–Crippen LogP) is 1.47. The van der Waals surface area contributed by atoms with Gasteiger partial charge in [0.1, 0.15) is 23.4 Å². The van der Waals surface area contributed by atoms with Crippen LogP contribution in [-0.4, -0.2) is 46.7 Å². The molecule has 1 saturated heterocycles. The quantitative estimate of drug-likeness (QED) is 0.727. The highest BCUT2D eigenvalue weighted by atomic mass is 32.1. The van der Waals surface area contributed by atoms with Gasteiger partial charge in [0.15, 0.2) is 10.8 Å². The van der Waals surface area contributed by atoms with E-state index in [-0.39, 0.29) is 12.1 Å². The van der Waals surface area contributed by atoms with E-state index >= 15 is 0 Å². The Morgan fingerprint density at radius 3 is 2.93 bits per heavy atom. The number of amides is 1. The van der Waals surface area contributed by atoms with Crippen LogP contribution in [0.3, 0.4) is 0 Å². The van der Waals surface area contributed by atoms with Crippen molar-refractivity contribution in [3.05, 3.63) is 46.8 Å². The van der Waals surface area contributed by atoms with E-state index < -0.39 is 11.7 Å². The molecule has 27 heavy (non-hydrogen) atoms. The molecule has 4 rings (SSSR count). The molecular weight excluding hydrogens is 373 g/mol. The van der Waals surface area contributed by atoms with Gasteiger partial charge in [-0.1, -0.05) is 17.4 Å². The third-order valence-corrected chi connectivity index (χ3v) is 5.17. The number of aromatic nitrogens is 3. The summed E-state index contributed by atoms with van der Waals surface area (Å²) >= 11 is 1.26. The molecule has 8 nitrogen and oxygen atoms in total. The maximum atomic E-state index is 13.2. The summed E-state index contributed by atoms with van der Waals surface area (Å²) in [7, 11) is 0. The molecule has 1 aromatic carbocycles. The van der Waals surface area contributed by atoms with Gasteiger partial charge in [-0.25, -0.2) is 9.37 Å². The second kappa shape index (κ2) is 7.41. The number of benzene rings is 1. The van der Waals surface area contributed by atoms with Crippen LogP contribution >= 0.6 is 11.3 Å². The molecule has 0 spiro atoms. The molecule has 3 aromatic rings. The average molecular weight is 389 g/mol. The summed E-state index contributed by atoms with van der Waals surface area (Å²) in [5, 5.41) is 3.28. The van der Waals surface area contributed by atoms with E-state index in [0.29, 0.717) is 42.3 Å². The van der Waals surface area contributed by atoms with Crippen molar-refractivity contribution in [1.29, 1.82) is 0 Å². The molecule has 1 N–H and O–H groups in total. The number of anilines is 2. The van der Waals surface area contributed by atoms with Crippen LogP contribution in [0.15, 0.2) is 35.4 Å². The smallest absolute Gasteiger partial charge is 0.273 e. The second-order valence-electron chi connectivity index (χ2n) is 5.98. The van der Waals surface area contributed by atoms with Crippen LogP contribution in [0.2, 0.25) is 0 Å². The fourth-order valence-electron chi connectivity index (χ4n) is 2.76. The van der Waals surface area contributed by atoms with Gasteiger partial charge < -0.3 is 15.0 Å². The summed E-state index contributed by atoms with van der Waals surface area (Å²) in [4.78, 5) is 35.5. The molecule has 2 aromatic heterocycles. The van der Waals surface area contributed by atoms with Gasteiger partial charge in [0, 0.05) is 18.8 Å². The molecular formula is C17H16FN5O3S. The van der Waals surface area contributed by atoms with Gasteiger partial charge in [0.25, 0.3) is 5.56 Å². The maximum Gasteiger partial charge on any atom is 0.273 e. The van der Waals surface area contributed by atoms with Gasteiger partial charge in [0.2, 0.25) is 5.91 Å². The fraction of sp³-hybridized carbons (Fsp3) is 0.294. The molecule has 10 heteroatoms. The van der Waals surface area contributed by atoms with Gasteiger partial charge in [-0.2, -0.15) is 4.98 Å². The molecule has 0 aliphatic carbocycles. The molecule has 1 amide bonds. The number of halogens is 1. The first-order chi connectivity index (χ1) is 13.1. The van der Waals surface area contributed by atoms with Crippen LogP contribution in [0.4, 0.5) is 15.2 Å². The Labute approximate surface area is 157 Å². The second-order valence-corrected chi connectivity index (χ2v) is 6.96. The monoisotopic (exact) mass is 389 g/mol. The van der Waals surface area contributed by atoms with Crippen molar-refractivity contribution < 1.29 is 13.9 Å². The van der Waals surface area contributed by atoms with Gasteiger partial charge in [-0.15, -0.1) is 0 Å². The Hall–Kier alpha value is -2.85. The number of nitrogens with zero attached hydrogens (tertiary/aromatic N) is 4. The number of thiazole rings is 1. The van der Waals surface area contributed by atoms with Crippen molar-refractivity contribution in [3.8, 4) is 0 Å². The van der Waals surface area contributed by atoms with Crippen molar-refractivity contribution in [2.45, 2.75) is 6.54 Å². The van der Waals surface area contributed by atoms with E-state index in [0.717, 1.165) is 5.13 Å². The van der Waals surface area contributed by atoms with Crippen LogP contribution in [-0.2, 0) is 16.1 Å². The summed E-state index contributed by atoms with van der Waals surface area (Å²) in [6.07, 6.45) is 1.30. The molecule has 0 saturated carbocycles. The van der Waals surface area contributed by atoms with Crippen LogP contribution in [0, 0.1) is 5.82 Å². The predicted molar refractivity (Wildman–Crippen MR) is 99.7 cm³/mol. The van der Waals surface area contributed by atoms with Gasteiger partial charge >= 0.3 is 0 Å². The van der Waals surface area contributed by atoms with E-state index in [1.165, 1.54) is 40.4 Å². The first-order valence-electron chi connectivity index (χ1n) is 8.34.